The van der Waals surface area contributed by atoms with Gasteiger partial charge in [-0.3, -0.25) is 4.79 Å². The molecule has 3 aromatic rings. The third-order valence-corrected chi connectivity index (χ3v) is 4.51. The van der Waals surface area contributed by atoms with Crippen LogP contribution in [0.2, 0.25) is 0 Å². The van der Waals surface area contributed by atoms with Crippen LogP contribution in [0, 0.1) is 0 Å². The number of halogens is 2. The summed E-state index contributed by atoms with van der Waals surface area (Å²) in [7, 11) is 0. The van der Waals surface area contributed by atoms with Crippen molar-refractivity contribution in [1.82, 2.24) is 9.97 Å². The number of ketones is 1. The second-order valence-corrected chi connectivity index (χ2v) is 6.93. The normalized spacial score (nSPS) is 11.0. The van der Waals surface area contributed by atoms with Crippen molar-refractivity contribution >= 4 is 60.0 Å². The number of nitrogens with one attached hydrogen (secondary N) is 1. The van der Waals surface area contributed by atoms with E-state index in [0.717, 1.165) is 19.3 Å². The van der Waals surface area contributed by atoms with Crippen LogP contribution in [0.15, 0.2) is 38.2 Å². The molecule has 0 unspecified atom stereocenters. The van der Waals surface area contributed by atoms with Crippen LogP contribution in [0.4, 0.5) is 0 Å². The van der Waals surface area contributed by atoms with Crippen molar-refractivity contribution in [3.8, 4) is 0 Å². The molecule has 3 heterocycles. The summed E-state index contributed by atoms with van der Waals surface area (Å²) in [5.41, 5.74) is 2.05. The molecule has 90 valence electrons. The maximum atomic E-state index is 12.4. The number of hydrogen-bond acceptors (Lipinski definition) is 3. The van der Waals surface area contributed by atoms with Gasteiger partial charge in [-0.2, -0.15) is 0 Å². The van der Waals surface area contributed by atoms with Crippen molar-refractivity contribution < 1.29 is 4.79 Å². The van der Waals surface area contributed by atoms with Crippen LogP contribution in [-0.4, -0.2) is 15.8 Å². The third-order valence-electron chi connectivity index (χ3n) is 2.57. The van der Waals surface area contributed by atoms with Crippen molar-refractivity contribution in [3.05, 3.63) is 49.3 Å². The zero-order valence-corrected chi connectivity index (χ0v) is 12.9. The molecule has 0 amide bonds. The van der Waals surface area contributed by atoms with Crippen LogP contribution in [-0.2, 0) is 0 Å². The van der Waals surface area contributed by atoms with Gasteiger partial charge >= 0.3 is 0 Å². The molecule has 0 fully saturated rings. The van der Waals surface area contributed by atoms with E-state index in [1.54, 1.807) is 12.4 Å². The molecule has 0 saturated heterocycles. The fourth-order valence-corrected chi connectivity index (χ4v) is 3.22. The Bertz CT molecular complexity index is 747. The molecular weight excluding hydrogens is 380 g/mol. The highest BCUT2D eigenvalue weighted by Gasteiger charge is 2.16. The van der Waals surface area contributed by atoms with E-state index in [4.69, 9.17) is 0 Å². The lowest BCUT2D eigenvalue weighted by Gasteiger charge is -1.96. The Morgan fingerprint density at radius 3 is 2.89 bits per heavy atom. The molecule has 3 aromatic heterocycles. The zero-order chi connectivity index (χ0) is 12.7. The Morgan fingerprint density at radius 2 is 2.17 bits per heavy atom. The number of H-pyrrole nitrogens is 1. The number of thiophene rings is 1. The van der Waals surface area contributed by atoms with Crippen molar-refractivity contribution in [2.45, 2.75) is 0 Å². The van der Waals surface area contributed by atoms with Gasteiger partial charge in [0.25, 0.3) is 0 Å². The van der Waals surface area contributed by atoms with E-state index in [-0.39, 0.29) is 5.78 Å². The van der Waals surface area contributed by atoms with Gasteiger partial charge in [0.1, 0.15) is 5.65 Å². The Morgan fingerprint density at radius 1 is 1.33 bits per heavy atom. The second kappa shape index (κ2) is 4.60. The number of rotatable bonds is 2. The topological polar surface area (TPSA) is 45.8 Å². The summed E-state index contributed by atoms with van der Waals surface area (Å²) in [5.74, 6) is 0.00287. The van der Waals surface area contributed by atoms with Gasteiger partial charge in [-0.05, 0) is 44.0 Å². The Hall–Kier alpha value is -0.980. The standard InChI is InChI=1S/C12H6Br2N2OS/c13-7-2-8-9(4-16-12(8)15-3-7)11(17)6-1-10(14)18-5-6/h1-5H,(H,15,16). The highest BCUT2D eigenvalue weighted by molar-refractivity contribution is 9.11. The summed E-state index contributed by atoms with van der Waals surface area (Å²) in [6.45, 7) is 0. The summed E-state index contributed by atoms with van der Waals surface area (Å²) < 4.78 is 1.81. The number of carbonyl (C=O) groups is 1. The first-order chi connectivity index (χ1) is 8.65. The molecule has 1 N–H and O–H groups in total. The van der Waals surface area contributed by atoms with Crippen LogP contribution in [0.5, 0.6) is 0 Å². The number of carbonyl (C=O) groups excluding carboxylic acids is 1. The predicted octanol–water partition coefficient (Wildman–Crippen LogP) is 4.38. The maximum Gasteiger partial charge on any atom is 0.196 e. The minimum Gasteiger partial charge on any atom is -0.345 e. The number of fused-ring (bicyclic) bond motifs is 1. The van der Waals surface area contributed by atoms with E-state index in [1.165, 1.54) is 11.3 Å². The van der Waals surface area contributed by atoms with E-state index in [1.807, 2.05) is 17.5 Å². The molecule has 0 atom stereocenters. The molecule has 3 nitrogen and oxygen atoms in total. The Kier molecular flexibility index (Phi) is 3.09. The summed E-state index contributed by atoms with van der Waals surface area (Å²) in [6, 6.07) is 3.73. The number of pyridine rings is 1. The van der Waals surface area contributed by atoms with Gasteiger partial charge in [0, 0.05) is 38.8 Å². The van der Waals surface area contributed by atoms with Gasteiger partial charge in [0.05, 0.1) is 3.79 Å². The summed E-state index contributed by atoms with van der Waals surface area (Å²) in [6.07, 6.45) is 3.41. The van der Waals surface area contributed by atoms with E-state index < -0.39 is 0 Å². The quantitative estimate of drug-likeness (QED) is 0.665. The number of nitrogens with zero attached hydrogens (tertiary/aromatic N) is 1. The average Bonchev–Trinajstić information content (AvgIpc) is 2.94. The zero-order valence-electron chi connectivity index (χ0n) is 8.91. The molecule has 0 saturated carbocycles. The maximum absolute atomic E-state index is 12.4. The highest BCUT2D eigenvalue weighted by atomic mass is 79.9. The molecular formula is C12H6Br2N2OS. The van der Waals surface area contributed by atoms with Crippen molar-refractivity contribution in [3.63, 3.8) is 0 Å². The van der Waals surface area contributed by atoms with E-state index >= 15 is 0 Å². The number of hydrogen-bond donors (Lipinski definition) is 1. The molecule has 0 aliphatic rings. The minimum atomic E-state index is 0.00287. The Labute approximate surface area is 124 Å². The molecule has 0 radical (unpaired) electrons. The molecule has 0 aliphatic heterocycles. The van der Waals surface area contributed by atoms with Gasteiger partial charge < -0.3 is 4.98 Å². The van der Waals surface area contributed by atoms with Crippen molar-refractivity contribution in [2.75, 3.05) is 0 Å². The average molecular weight is 386 g/mol. The highest BCUT2D eigenvalue weighted by Crippen LogP contribution is 2.26. The van der Waals surface area contributed by atoms with Crippen LogP contribution in [0.25, 0.3) is 11.0 Å². The second-order valence-electron chi connectivity index (χ2n) is 3.72. The number of aromatic amines is 1. The molecule has 0 bridgehead atoms. The fraction of sp³-hybridized carbons (Fsp3) is 0. The predicted molar refractivity (Wildman–Crippen MR) is 79.2 cm³/mol. The molecule has 0 spiro atoms. The van der Waals surface area contributed by atoms with Crippen LogP contribution < -0.4 is 0 Å². The van der Waals surface area contributed by atoms with Crippen LogP contribution in [0.1, 0.15) is 15.9 Å². The lowest BCUT2D eigenvalue weighted by atomic mass is 10.1. The number of aromatic nitrogens is 2. The molecule has 0 aromatic carbocycles. The molecule has 0 aliphatic carbocycles. The van der Waals surface area contributed by atoms with Gasteiger partial charge in [-0.25, -0.2) is 4.98 Å². The smallest absolute Gasteiger partial charge is 0.196 e. The van der Waals surface area contributed by atoms with Gasteiger partial charge in [-0.1, -0.05) is 0 Å². The third kappa shape index (κ3) is 2.04. The van der Waals surface area contributed by atoms with E-state index in [2.05, 4.69) is 41.8 Å². The SMILES string of the molecule is O=C(c1csc(Br)c1)c1c[nH]c2ncc(Br)cc12. The van der Waals surface area contributed by atoms with Crippen molar-refractivity contribution in [1.29, 1.82) is 0 Å². The van der Waals surface area contributed by atoms with Gasteiger partial charge in [-0.15, -0.1) is 11.3 Å². The lowest BCUT2D eigenvalue weighted by molar-refractivity contribution is 0.104. The molecule has 6 heteroatoms. The molecule has 18 heavy (non-hydrogen) atoms. The first kappa shape index (κ1) is 12.1. The fourth-order valence-electron chi connectivity index (χ4n) is 1.75. The van der Waals surface area contributed by atoms with Crippen LogP contribution >= 0.6 is 43.2 Å². The summed E-state index contributed by atoms with van der Waals surface area (Å²) in [5, 5.41) is 2.67. The summed E-state index contributed by atoms with van der Waals surface area (Å²) >= 11 is 8.23. The molecule has 3 rings (SSSR count). The Balaban J connectivity index is 2.14. The summed E-state index contributed by atoms with van der Waals surface area (Å²) in [4.78, 5) is 19.6. The largest absolute Gasteiger partial charge is 0.345 e. The first-order valence-electron chi connectivity index (χ1n) is 5.06. The minimum absolute atomic E-state index is 0.00287. The lowest BCUT2D eigenvalue weighted by Crippen LogP contribution is -1.98. The van der Waals surface area contributed by atoms with Gasteiger partial charge in [0.15, 0.2) is 5.78 Å². The monoisotopic (exact) mass is 384 g/mol. The van der Waals surface area contributed by atoms with E-state index in [9.17, 15) is 4.79 Å². The first-order valence-corrected chi connectivity index (χ1v) is 7.53. The van der Waals surface area contributed by atoms with E-state index in [0.29, 0.717) is 11.1 Å². The van der Waals surface area contributed by atoms with Gasteiger partial charge in [0.2, 0.25) is 0 Å². The van der Waals surface area contributed by atoms with Crippen LogP contribution in [0.3, 0.4) is 0 Å². The van der Waals surface area contributed by atoms with Crippen molar-refractivity contribution in [2.24, 2.45) is 0 Å².